The van der Waals surface area contributed by atoms with Crippen LogP contribution < -0.4 is 10.9 Å². The van der Waals surface area contributed by atoms with Crippen LogP contribution >= 0.6 is 0 Å². The second kappa shape index (κ2) is 6.24. The normalized spacial score (nSPS) is 21.9. The lowest BCUT2D eigenvalue weighted by molar-refractivity contribution is -0.170. The molecule has 25 heavy (non-hydrogen) atoms. The van der Waals surface area contributed by atoms with Gasteiger partial charge in [-0.05, 0) is 24.1 Å². The van der Waals surface area contributed by atoms with E-state index in [2.05, 4.69) is 0 Å². The highest BCUT2D eigenvalue weighted by atomic mass is 32.2. The molecular formula is C14H15F3N2O4S2. The molecule has 1 aliphatic rings. The predicted octanol–water partition coefficient (Wildman–Crippen LogP) is 1.35. The molecule has 6 nitrogen and oxygen atoms in total. The van der Waals surface area contributed by atoms with Crippen molar-refractivity contribution in [3.63, 3.8) is 0 Å². The Hall–Kier alpha value is -1.69. The number of hydrogen-bond donors (Lipinski definition) is 2. The third-order valence-corrected chi connectivity index (χ3v) is 6.42. The number of hydrogen-bond acceptors (Lipinski definition) is 5. The molecule has 1 aliphatic carbocycles. The second-order valence-corrected chi connectivity index (χ2v) is 9.11. The van der Waals surface area contributed by atoms with Gasteiger partial charge >= 0.3 is 6.18 Å². The molecule has 0 spiro atoms. The molecule has 0 radical (unpaired) electrons. The first-order chi connectivity index (χ1) is 11.3. The van der Waals surface area contributed by atoms with Crippen LogP contribution in [-0.2, 0) is 25.6 Å². The lowest BCUT2D eigenvalue weighted by atomic mass is 9.92. The van der Waals surface area contributed by atoms with Gasteiger partial charge in [0.15, 0.2) is 9.84 Å². The first kappa shape index (κ1) is 19.6. The van der Waals surface area contributed by atoms with Gasteiger partial charge in [0, 0.05) is 0 Å². The van der Waals surface area contributed by atoms with Crippen LogP contribution in [0.1, 0.15) is 12.0 Å². The number of primary sulfonamides is 1. The first-order valence-corrected chi connectivity index (χ1v) is 10.0. The third kappa shape index (κ3) is 4.11. The Morgan fingerprint density at radius 2 is 1.72 bits per heavy atom. The quantitative estimate of drug-likeness (QED) is 0.796. The largest absolute Gasteiger partial charge is 0.410 e. The molecule has 0 aromatic heterocycles. The summed E-state index contributed by atoms with van der Waals surface area (Å²) in [5.41, 5.74) is 2.52. The Morgan fingerprint density at radius 1 is 1.12 bits per heavy atom. The van der Waals surface area contributed by atoms with Gasteiger partial charge in [-0.1, -0.05) is 30.4 Å². The van der Waals surface area contributed by atoms with E-state index in [9.17, 15) is 30.0 Å². The van der Waals surface area contributed by atoms with E-state index in [0.717, 1.165) is 18.2 Å². The van der Waals surface area contributed by atoms with E-state index < -0.39 is 43.7 Å². The van der Waals surface area contributed by atoms with Crippen LogP contribution in [0.5, 0.6) is 0 Å². The smallest absolute Gasteiger partial charge is 0.314 e. The number of rotatable bonds is 4. The third-order valence-electron chi connectivity index (χ3n) is 3.70. The zero-order chi connectivity index (χ0) is 19.1. The monoisotopic (exact) mass is 396 g/mol. The van der Waals surface area contributed by atoms with E-state index in [1.54, 1.807) is 0 Å². The molecule has 2 rings (SSSR count). The number of sulfonamides is 1. The molecule has 0 bridgehead atoms. The van der Waals surface area contributed by atoms with Crippen molar-refractivity contribution in [2.75, 3.05) is 0 Å². The highest BCUT2D eigenvalue weighted by Crippen LogP contribution is 2.36. The number of sulfone groups is 1. The molecular weight excluding hydrogens is 381 g/mol. The Morgan fingerprint density at radius 3 is 2.20 bits per heavy atom. The minimum atomic E-state index is -4.73. The summed E-state index contributed by atoms with van der Waals surface area (Å²) in [5, 5.41) is 5.05. The summed E-state index contributed by atoms with van der Waals surface area (Å²) in [4.78, 5) is -0.718. The highest BCUT2D eigenvalue weighted by molar-refractivity contribution is 7.94. The lowest BCUT2D eigenvalue weighted by Gasteiger charge is -2.30. The Bertz CT molecular complexity index is 951. The van der Waals surface area contributed by atoms with Crippen molar-refractivity contribution in [3.05, 3.63) is 53.0 Å². The zero-order valence-electron chi connectivity index (χ0n) is 12.7. The molecule has 0 saturated carbocycles. The van der Waals surface area contributed by atoms with Crippen LogP contribution in [-0.4, -0.2) is 28.6 Å². The van der Waals surface area contributed by atoms with Crippen molar-refractivity contribution < 1.29 is 30.0 Å². The minimum Gasteiger partial charge on any atom is -0.314 e. The molecule has 1 unspecified atom stereocenters. The van der Waals surface area contributed by atoms with Gasteiger partial charge in [-0.25, -0.2) is 22.0 Å². The molecule has 0 aliphatic heterocycles. The maximum atomic E-state index is 12.8. The molecule has 1 aromatic rings. The van der Waals surface area contributed by atoms with Gasteiger partial charge in [0.25, 0.3) is 0 Å². The van der Waals surface area contributed by atoms with E-state index >= 15 is 0 Å². The fraction of sp³-hybridized carbons (Fsp3) is 0.286. The fourth-order valence-corrected chi connectivity index (χ4v) is 4.57. The van der Waals surface area contributed by atoms with Crippen LogP contribution in [0.2, 0.25) is 0 Å². The number of nitrogens with two attached hydrogens (primary N) is 2. The van der Waals surface area contributed by atoms with Crippen LogP contribution in [0.4, 0.5) is 13.2 Å². The van der Waals surface area contributed by atoms with Gasteiger partial charge in [-0.3, -0.25) is 0 Å². The zero-order valence-corrected chi connectivity index (χ0v) is 14.3. The molecule has 4 N–H and O–H groups in total. The van der Waals surface area contributed by atoms with E-state index in [1.165, 1.54) is 18.2 Å². The van der Waals surface area contributed by atoms with Crippen LogP contribution in [0, 0.1) is 0 Å². The van der Waals surface area contributed by atoms with E-state index in [4.69, 9.17) is 10.9 Å². The van der Waals surface area contributed by atoms with Crippen molar-refractivity contribution in [2.24, 2.45) is 10.9 Å². The van der Waals surface area contributed by atoms with E-state index in [-0.39, 0.29) is 15.4 Å². The molecule has 0 amide bonds. The standard InChI is InChI=1S/C14H15F3N2O4S2/c15-14(16,17)13(18)7-5-11(6-8-13)24(20,21)9-10-3-1-2-4-12(10)25(19,22)23/h1-7H,8-9,18H2,(H2,19,22,23). The topological polar surface area (TPSA) is 120 Å². The Kier molecular flexibility index (Phi) is 4.90. The van der Waals surface area contributed by atoms with Crippen LogP contribution in [0.25, 0.3) is 0 Å². The summed E-state index contributed by atoms with van der Waals surface area (Å²) in [6.45, 7) is 0. The van der Waals surface area contributed by atoms with E-state index in [1.807, 2.05) is 0 Å². The van der Waals surface area contributed by atoms with Gasteiger partial charge in [-0.15, -0.1) is 0 Å². The SMILES string of the molecule is NC1(C(F)(F)F)C=CC(S(=O)(=O)Cc2ccccc2S(N)(=O)=O)=CC1. The molecule has 11 heteroatoms. The summed E-state index contributed by atoms with van der Waals surface area (Å²) >= 11 is 0. The van der Waals surface area contributed by atoms with Gasteiger partial charge < -0.3 is 5.73 Å². The number of alkyl halides is 3. The molecule has 0 heterocycles. The van der Waals surface area contributed by atoms with Crippen molar-refractivity contribution in [3.8, 4) is 0 Å². The van der Waals surface area contributed by atoms with Crippen LogP contribution in [0.15, 0.2) is 52.3 Å². The number of allylic oxidation sites excluding steroid dienone is 1. The maximum absolute atomic E-state index is 12.8. The fourth-order valence-electron chi connectivity index (χ4n) is 2.27. The van der Waals surface area contributed by atoms with Crippen molar-refractivity contribution >= 4 is 19.9 Å². The van der Waals surface area contributed by atoms with Gasteiger partial charge in [0.05, 0.1) is 15.6 Å². The predicted molar refractivity (Wildman–Crippen MR) is 85.3 cm³/mol. The van der Waals surface area contributed by atoms with Crippen LogP contribution in [0.3, 0.4) is 0 Å². The molecule has 1 atom stereocenters. The summed E-state index contributed by atoms with van der Waals surface area (Å²) in [6.07, 6.45) is -3.21. The summed E-state index contributed by atoms with van der Waals surface area (Å²) in [7, 11) is -8.23. The molecule has 0 saturated heterocycles. The first-order valence-electron chi connectivity index (χ1n) is 6.85. The maximum Gasteiger partial charge on any atom is 0.410 e. The molecule has 0 fully saturated rings. The molecule has 1 aromatic carbocycles. The number of benzene rings is 1. The summed E-state index contributed by atoms with van der Waals surface area (Å²) < 4.78 is 86.4. The van der Waals surface area contributed by atoms with E-state index in [0.29, 0.717) is 6.08 Å². The van der Waals surface area contributed by atoms with Crippen molar-refractivity contribution in [2.45, 2.75) is 28.8 Å². The van der Waals surface area contributed by atoms with Crippen molar-refractivity contribution in [1.82, 2.24) is 0 Å². The van der Waals surface area contributed by atoms with Gasteiger partial charge in [-0.2, -0.15) is 13.2 Å². The summed E-state index contributed by atoms with van der Waals surface area (Å²) in [6, 6.07) is 5.23. The average Bonchev–Trinajstić information content (AvgIpc) is 2.45. The Labute approximate surface area is 143 Å². The Balaban J connectivity index is 2.34. The minimum absolute atomic E-state index is 0.0697. The highest BCUT2D eigenvalue weighted by Gasteiger charge is 2.50. The van der Waals surface area contributed by atoms with Crippen molar-refractivity contribution in [1.29, 1.82) is 0 Å². The summed E-state index contributed by atoms with van der Waals surface area (Å²) in [5.74, 6) is -0.723. The second-order valence-electron chi connectivity index (χ2n) is 5.59. The van der Waals surface area contributed by atoms with Gasteiger partial charge in [0.2, 0.25) is 10.0 Å². The lowest BCUT2D eigenvalue weighted by Crippen LogP contribution is -2.52. The molecule has 138 valence electrons. The number of halogens is 3. The average molecular weight is 396 g/mol. The van der Waals surface area contributed by atoms with Gasteiger partial charge in [0.1, 0.15) is 5.54 Å².